The van der Waals surface area contributed by atoms with Gasteiger partial charge in [-0.2, -0.15) is 0 Å². The van der Waals surface area contributed by atoms with Crippen molar-refractivity contribution in [3.63, 3.8) is 0 Å². The van der Waals surface area contributed by atoms with E-state index in [9.17, 15) is 0 Å². The Kier molecular flexibility index (Phi) is 6.06. The summed E-state index contributed by atoms with van der Waals surface area (Å²) in [5.41, 5.74) is 0. The molecule has 0 atom stereocenters. The first-order chi connectivity index (χ1) is 4.35. The first-order valence-electron chi connectivity index (χ1n) is 4.02. The first kappa shape index (κ1) is 8.96. The second-order valence-corrected chi connectivity index (χ2v) is 2.56. The maximum atomic E-state index is 3.30. The molecule has 0 aliphatic carbocycles. The zero-order valence-electron chi connectivity index (χ0n) is 6.91. The molecular weight excluding hydrogens is 110 g/mol. The van der Waals surface area contributed by atoms with Crippen LogP contribution in [-0.2, 0) is 0 Å². The lowest BCUT2D eigenvalue weighted by Crippen LogP contribution is -2.24. The lowest BCUT2D eigenvalue weighted by molar-refractivity contribution is 0.479. The number of rotatable bonds is 5. The summed E-state index contributed by atoms with van der Waals surface area (Å²) in [5, 5.41) is 3.30. The van der Waals surface area contributed by atoms with Crippen LogP contribution in [0.2, 0.25) is 0 Å². The molecule has 0 saturated carbocycles. The van der Waals surface area contributed by atoms with E-state index in [0.29, 0.717) is 0 Å². The normalized spacial score (nSPS) is 10.7. The smallest absolute Gasteiger partial charge is 0.00638 e. The molecule has 0 radical (unpaired) electrons. The highest BCUT2D eigenvalue weighted by Crippen LogP contribution is 2.02. The Morgan fingerprint density at radius 2 is 1.56 bits per heavy atom. The fraction of sp³-hybridized carbons (Fsp3) is 1.00. The summed E-state index contributed by atoms with van der Waals surface area (Å²) >= 11 is 0. The van der Waals surface area contributed by atoms with Crippen molar-refractivity contribution < 1.29 is 0 Å². The molecule has 0 bridgehead atoms. The van der Waals surface area contributed by atoms with Gasteiger partial charge in [0.2, 0.25) is 0 Å². The van der Waals surface area contributed by atoms with Gasteiger partial charge in [0.1, 0.15) is 0 Å². The molecule has 0 aromatic heterocycles. The SMILES string of the molecule is CCCC(CCC)NC. The van der Waals surface area contributed by atoms with Gasteiger partial charge >= 0.3 is 0 Å². The third-order valence-corrected chi connectivity index (χ3v) is 1.68. The average molecular weight is 129 g/mol. The van der Waals surface area contributed by atoms with E-state index in [1.807, 2.05) is 0 Å². The lowest BCUT2D eigenvalue weighted by Gasteiger charge is -2.12. The van der Waals surface area contributed by atoms with Crippen molar-refractivity contribution in [3.05, 3.63) is 0 Å². The molecule has 0 spiro atoms. The van der Waals surface area contributed by atoms with E-state index in [0.717, 1.165) is 6.04 Å². The van der Waals surface area contributed by atoms with Crippen LogP contribution in [0.4, 0.5) is 0 Å². The second kappa shape index (κ2) is 6.09. The fourth-order valence-electron chi connectivity index (χ4n) is 1.13. The van der Waals surface area contributed by atoms with Gasteiger partial charge in [0.05, 0.1) is 0 Å². The summed E-state index contributed by atoms with van der Waals surface area (Å²) in [6, 6.07) is 0.764. The standard InChI is InChI=1S/C8H19N/c1-4-6-8(9-3)7-5-2/h8-9H,4-7H2,1-3H3. The fourth-order valence-corrected chi connectivity index (χ4v) is 1.13. The van der Waals surface area contributed by atoms with Crippen LogP contribution in [0.3, 0.4) is 0 Å². The summed E-state index contributed by atoms with van der Waals surface area (Å²) in [4.78, 5) is 0. The summed E-state index contributed by atoms with van der Waals surface area (Å²) in [7, 11) is 2.05. The topological polar surface area (TPSA) is 12.0 Å². The van der Waals surface area contributed by atoms with Gasteiger partial charge in [-0.1, -0.05) is 26.7 Å². The van der Waals surface area contributed by atoms with E-state index < -0.39 is 0 Å². The largest absolute Gasteiger partial charge is 0.317 e. The quantitative estimate of drug-likeness (QED) is 0.600. The highest BCUT2D eigenvalue weighted by Gasteiger charge is 2.00. The van der Waals surface area contributed by atoms with Gasteiger partial charge in [0.25, 0.3) is 0 Å². The van der Waals surface area contributed by atoms with E-state index in [-0.39, 0.29) is 0 Å². The van der Waals surface area contributed by atoms with Crippen molar-refractivity contribution in [3.8, 4) is 0 Å². The van der Waals surface area contributed by atoms with Gasteiger partial charge in [0.15, 0.2) is 0 Å². The zero-order valence-corrected chi connectivity index (χ0v) is 6.91. The summed E-state index contributed by atoms with van der Waals surface area (Å²) in [6.07, 6.45) is 5.24. The first-order valence-corrected chi connectivity index (χ1v) is 4.02. The van der Waals surface area contributed by atoms with Crippen molar-refractivity contribution in [2.24, 2.45) is 0 Å². The maximum absolute atomic E-state index is 3.30. The van der Waals surface area contributed by atoms with Crippen LogP contribution in [0.5, 0.6) is 0 Å². The maximum Gasteiger partial charge on any atom is 0.00638 e. The molecule has 9 heavy (non-hydrogen) atoms. The van der Waals surface area contributed by atoms with Crippen molar-refractivity contribution in [2.75, 3.05) is 7.05 Å². The third-order valence-electron chi connectivity index (χ3n) is 1.68. The molecule has 1 N–H and O–H groups in total. The summed E-state index contributed by atoms with van der Waals surface area (Å²) < 4.78 is 0. The molecule has 0 amide bonds. The van der Waals surface area contributed by atoms with E-state index >= 15 is 0 Å². The Hall–Kier alpha value is -0.0400. The van der Waals surface area contributed by atoms with Crippen molar-refractivity contribution in [1.29, 1.82) is 0 Å². The predicted octanol–water partition coefficient (Wildman–Crippen LogP) is 2.17. The average Bonchev–Trinajstić information content (AvgIpc) is 1.88. The zero-order chi connectivity index (χ0) is 7.11. The van der Waals surface area contributed by atoms with E-state index in [2.05, 4.69) is 26.2 Å². The molecule has 0 rings (SSSR count). The third kappa shape index (κ3) is 4.46. The van der Waals surface area contributed by atoms with E-state index in [1.54, 1.807) is 0 Å². The minimum Gasteiger partial charge on any atom is -0.317 e. The van der Waals surface area contributed by atoms with Crippen molar-refractivity contribution in [1.82, 2.24) is 5.32 Å². The minimum atomic E-state index is 0.764. The molecular formula is C8H19N. The highest BCUT2D eigenvalue weighted by atomic mass is 14.9. The van der Waals surface area contributed by atoms with Gasteiger partial charge in [0, 0.05) is 6.04 Å². The monoisotopic (exact) mass is 129 g/mol. The molecule has 56 valence electrons. The van der Waals surface area contributed by atoms with Crippen LogP contribution in [0.25, 0.3) is 0 Å². The van der Waals surface area contributed by atoms with Crippen molar-refractivity contribution >= 4 is 0 Å². The van der Waals surface area contributed by atoms with Gasteiger partial charge in [-0.15, -0.1) is 0 Å². The van der Waals surface area contributed by atoms with Crippen LogP contribution < -0.4 is 5.32 Å². The molecule has 0 saturated heterocycles. The Morgan fingerprint density at radius 1 is 1.11 bits per heavy atom. The van der Waals surface area contributed by atoms with E-state index in [1.165, 1.54) is 25.7 Å². The highest BCUT2D eigenvalue weighted by molar-refractivity contribution is 4.61. The summed E-state index contributed by atoms with van der Waals surface area (Å²) in [6.45, 7) is 4.47. The van der Waals surface area contributed by atoms with Crippen LogP contribution in [0.1, 0.15) is 39.5 Å². The second-order valence-electron chi connectivity index (χ2n) is 2.56. The molecule has 0 fully saturated rings. The van der Waals surface area contributed by atoms with Crippen LogP contribution in [0.15, 0.2) is 0 Å². The van der Waals surface area contributed by atoms with Crippen LogP contribution in [0, 0.1) is 0 Å². The van der Waals surface area contributed by atoms with Crippen molar-refractivity contribution in [2.45, 2.75) is 45.6 Å². The molecule has 1 nitrogen and oxygen atoms in total. The number of hydrogen-bond acceptors (Lipinski definition) is 1. The van der Waals surface area contributed by atoms with Crippen LogP contribution in [-0.4, -0.2) is 13.1 Å². The lowest BCUT2D eigenvalue weighted by atomic mass is 10.1. The Morgan fingerprint density at radius 3 is 1.78 bits per heavy atom. The summed E-state index contributed by atoms with van der Waals surface area (Å²) in [5.74, 6) is 0. The van der Waals surface area contributed by atoms with Gasteiger partial charge < -0.3 is 5.32 Å². The molecule has 0 aromatic rings. The van der Waals surface area contributed by atoms with Gasteiger partial charge in [-0.3, -0.25) is 0 Å². The van der Waals surface area contributed by atoms with Gasteiger partial charge in [-0.25, -0.2) is 0 Å². The molecule has 0 aliphatic rings. The molecule has 0 heterocycles. The minimum absolute atomic E-state index is 0.764. The molecule has 0 unspecified atom stereocenters. The number of nitrogens with one attached hydrogen (secondary N) is 1. The predicted molar refractivity (Wildman–Crippen MR) is 42.7 cm³/mol. The Bertz CT molecular complexity index is 46.5. The number of hydrogen-bond donors (Lipinski definition) is 1. The van der Waals surface area contributed by atoms with E-state index in [4.69, 9.17) is 0 Å². The molecule has 0 aromatic carbocycles. The Balaban J connectivity index is 3.18. The molecule has 0 aliphatic heterocycles. The molecule has 1 heteroatoms. The Labute approximate surface area is 58.8 Å². The van der Waals surface area contributed by atoms with Gasteiger partial charge in [-0.05, 0) is 19.9 Å². The van der Waals surface area contributed by atoms with Crippen LogP contribution >= 0.6 is 0 Å².